The Labute approximate surface area is 189 Å². The van der Waals surface area contributed by atoms with Crippen LogP contribution in [-0.4, -0.2) is 39.4 Å². The minimum atomic E-state index is -0.344. The van der Waals surface area contributed by atoms with E-state index in [9.17, 15) is 9.59 Å². The number of likely N-dealkylation sites (N-methyl/N-ethyl adjacent to an activating group) is 1. The first-order valence-corrected chi connectivity index (χ1v) is 11.5. The van der Waals surface area contributed by atoms with Gasteiger partial charge in [-0.1, -0.05) is 49.1 Å². The van der Waals surface area contributed by atoms with Crippen molar-refractivity contribution in [1.82, 2.24) is 19.8 Å². The number of carbonyl (C=O) groups excluding carboxylic acids is 2. The molecule has 0 spiro atoms. The highest BCUT2D eigenvalue weighted by Gasteiger charge is 2.25. The number of hydrogen-bond acceptors (Lipinski definition) is 3. The molecular formula is C26H32N4O2. The van der Waals surface area contributed by atoms with Crippen molar-refractivity contribution in [1.29, 1.82) is 0 Å². The number of nitrogens with one attached hydrogen (secondary N) is 1. The zero-order valence-electron chi connectivity index (χ0n) is 19.2. The monoisotopic (exact) mass is 432 g/mol. The first-order valence-electron chi connectivity index (χ1n) is 11.5. The summed E-state index contributed by atoms with van der Waals surface area (Å²) in [4.78, 5) is 32.7. The molecule has 3 aromatic rings. The van der Waals surface area contributed by atoms with Crippen LogP contribution >= 0.6 is 0 Å². The second kappa shape index (κ2) is 9.55. The molecule has 6 nitrogen and oxygen atoms in total. The highest BCUT2D eigenvalue weighted by Crippen LogP contribution is 2.24. The molecular weight excluding hydrogens is 400 g/mol. The molecule has 168 valence electrons. The van der Waals surface area contributed by atoms with Crippen LogP contribution < -0.4 is 5.32 Å². The molecule has 1 saturated carbocycles. The van der Waals surface area contributed by atoms with Crippen LogP contribution in [0.3, 0.4) is 0 Å². The number of fused-ring (bicyclic) bond motifs is 1. The lowest BCUT2D eigenvalue weighted by atomic mass is 9.94. The molecule has 6 heteroatoms. The van der Waals surface area contributed by atoms with Crippen LogP contribution in [0, 0.1) is 6.92 Å². The Morgan fingerprint density at radius 2 is 1.78 bits per heavy atom. The lowest BCUT2D eigenvalue weighted by molar-refractivity contribution is -0.133. The van der Waals surface area contributed by atoms with Crippen LogP contribution in [0.1, 0.15) is 66.8 Å². The van der Waals surface area contributed by atoms with E-state index in [-0.39, 0.29) is 24.4 Å². The minimum absolute atomic E-state index is 0.0818. The number of imidazole rings is 1. The molecule has 0 aliphatic heterocycles. The van der Waals surface area contributed by atoms with E-state index in [1.165, 1.54) is 19.3 Å². The van der Waals surface area contributed by atoms with E-state index in [4.69, 9.17) is 4.98 Å². The number of hydrogen-bond donors (Lipinski definition) is 1. The summed E-state index contributed by atoms with van der Waals surface area (Å²) in [5.41, 5.74) is 3.45. The van der Waals surface area contributed by atoms with Gasteiger partial charge in [0.05, 0.1) is 17.1 Å². The van der Waals surface area contributed by atoms with E-state index in [0.717, 1.165) is 29.4 Å². The van der Waals surface area contributed by atoms with Crippen LogP contribution in [0.5, 0.6) is 0 Å². The zero-order chi connectivity index (χ0) is 22.7. The maximum atomic E-state index is 13.2. The van der Waals surface area contributed by atoms with Crippen LogP contribution in [0.15, 0.2) is 48.5 Å². The molecule has 32 heavy (non-hydrogen) atoms. The standard InChI is InChI=1S/C26H32N4O2/c1-18-13-15-20(16-14-18)26(32)27-19(2)25-28-22-11-7-8-12-23(22)30(25)17-24(31)29(3)21-9-5-4-6-10-21/h7-8,11-16,19,21H,4-6,9-10,17H2,1-3H3,(H,27,32). The van der Waals surface area contributed by atoms with Gasteiger partial charge >= 0.3 is 0 Å². The van der Waals surface area contributed by atoms with Crippen molar-refractivity contribution in [3.63, 3.8) is 0 Å². The van der Waals surface area contributed by atoms with Gasteiger partial charge in [-0.05, 0) is 51.0 Å². The van der Waals surface area contributed by atoms with E-state index in [1.807, 2.05) is 78.9 Å². The van der Waals surface area contributed by atoms with Gasteiger partial charge in [-0.3, -0.25) is 9.59 Å². The van der Waals surface area contributed by atoms with Crippen molar-refractivity contribution in [2.24, 2.45) is 0 Å². The average molecular weight is 433 g/mol. The fourth-order valence-electron chi connectivity index (χ4n) is 4.56. The number of carbonyl (C=O) groups is 2. The van der Waals surface area contributed by atoms with E-state index in [1.54, 1.807) is 0 Å². The highest BCUT2D eigenvalue weighted by atomic mass is 16.2. The van der Waals surface area contributed by atoms with Gasteiger partial charge in [0, 0.05) is 18.7 Å². The normalized spacial score (nSPS) is 15.5. The zero-order valence-corrected chi connectivity index (χ0v) is 19.2. The number of nitrogens with zero attached hydrogens (tertiary/aromatic N) is 3. The molecule has 0 radical (unpaired) electrons. The first-order chi connectivity index (χ1) is 15.4. The Balaban J connectivity index is 1.57. The summed E-state index contributed by atoms with van der Waals surface area (Å²) in [6.07, 6.45) is 5.77. The predicted octanol–water partition coefficient (Wildman–Crippen LogP) is 4.63. The molecule has 2 amide bonds. The molecule has 1 N–H and O–H groups in total. The maximum Gasteiger partial charge on any atom is 0.251 e. The topological polar surface area (TPSA) is 67.2 Å². The Kier molecular flexibility index (Phi) is 6.58. The summed E-state index contributed by atoms with van der Waals surface area (Å²) in [7, 11) is 1.92. The summed E-state index contributed by atoms with van der Waals surface area (Å²) < 4.78 is 1.96. The van der Waals surface area contributed by atoms with Crippen molar-refractivity contribution in [2.45, 2.75) is 64.6 Å². The molecule has 1 heterocycles. The third-order valence-electron chi connectivity index (χ3n) is 6.54. The highest BCUT2D eigenvalue weighted by molar-refractivity contribution is 5.94. The molecule has 1 unspecified atom stereocenters. The van der Waals surface area contributed by atoms with Gasteiger partial charge in [0.15, 0.2) is 0 Å². The van der Waals surface area contributed by atoms with E-state index < -0.39 is 0 Å². The molecule has 0 bridgehead atoms. The summed E-state index contributed by atoms with van der Waals surface area (Å²) in [5.74, 6) is 0.622. The molecule has 1 fully saturated rings. The van der Waals surface area contributed by atoms with E-state index >= 15 is 0 Å². The molecule has 1 atom stereocenters. The van der Waals surface area contributed by atoms with E-state index in [2.05, 4.69) is 5.32 Å². The third kappa shape index (κ3) is 4.69. The lowest BCUT2D eigenvalue weighted by Gasteiger charge is -2.31. The molecule has 4 rings (SSSR count). The van der Waals surface area contributed by atoms with Gasteiger partial charge in [0.2, 0.25) is 5.91 Å². The Morgan fingerprint density at radius 3 is 2.50 bits per heavy atom. The second-order valence-electron chi connectivity index (χ2n) is 8.90. The second-order valence-corrected chi connectivity index (χ2v) is 8.90. The van der Waals surface area contributed by atoms with Gasteiger partial charge < -0.3 is 14.8 Å². The van der Waals surface area contributed by atoms with Crippen LogP contribution in [-0.2, 0) is 11.3 Å². The first kappa shape index (κ1) is 22.1. The molecule has 1 aliphatic rings. The van der Waals surface area contributed by atoms with Crippen molar-refractivity contribution in [3.8, 4) is 0 Å². The van der Waals surface area contributed by atoms with Crippen molar-refractivity contribution in [2.75, 3.05) is 7.05 Å². The number of para-hydroxylation sites is 2. The summed E-state index contributed by atoms with van der Waals surface area (Å²) in [6.45, 7) is 4.13. The van der Waals surface area contributed by atoms with Crippen LogP contribution in [0.4, 0.5) is 0 Å². The minimum Gasteiger partial charge on any atom is -0.342 e. The summed E-state index contributed by atoms with van der Waals surface area (Å²) in [5, 5.41) is 3.05. The number of rotatable bonds is 6. The predicted molar refractivity (Wildman–Crippen MR) is 126 cm³/mol. The van der Waals surface area contributed by atoms with E-state index in [0.29, 0.717) is 17.4 Å². The van der Waals surface area contributed by atoms with Crippen LogP contribution in [0.2, 0.25) is 0 Å². The molecule has 2 aromatic carbocycles. The average Bonchev–Trinajstić information content (AvgIpc) is 3.18. The Morgan fingerprint density at radius 1 is 1.09 bits per heavy atom. The smallest absolute Gasteiger partial charge is 0.251 e. The van der Waals surface area contributed by atoms with Gasteiger partial charge in [0.1, 0.15) is 12.4 Å². The molecule has 1 aromatic heterocycles. The Bertz CT molecular complexity index is 1100. The van der Waals surface area contributed by atoms with Gasteiger partial charge in [-0.15, -0.1) is 0 Å². The summed E-state index contributed by atoms with van der Waals surface area (Å²) >= 11 is 0. The lowest BCUT2D eigenvalue weighted by Crippen LogP contribution is -2.40. The third-order valence-corrected chi connectivity index (χ3v) is 6.54. The molecule has 0 saturated heterocycles. The largest absolute Gasteiger partial charge is 0.342 e. The number of benzene rings is 2. The fourth-order valence-corrected chi connectivity index (χ4v) is 4.56. The SMILES string of the molecule is Cc1ccc(C(=O)NC(C)c2nc3ccccc3n2CC(=O)N(C)C2CCCCC2)cc1. The number of aryl methyl sites for hydroxylation is 1. The molecule has 1 aliphatic carbocycles. The van der Waals surface area contributed by atoms with Gasteiger partial charge in [-0.2, -0.15) is 0 Å². The quantitative estimate of drug-likeness (QED) is 0.618. The van der Waals surface area contributed by atoms with Crippen LogP contribution in [0.25, 0.3) is 11.0 Å². The van der Waals surface area contributed by atoms with Crippen molar-refractivity contribution >= 4 is 22.8 Å². The maximum absolute atomic E-state index is 13.2. The van der Waals surface area contributed by atoms with Crippen molar-refractivity contribution in [3.05, 3.63) is 65.5 Å². The van der Waals surface area contributed by atoms with Gasteiger partial charge in [0.25, 0.3) is 5.91 Å². The van der Waals surface area contributed by atoms with Gasteiger partial charge in [-0.25, -0.2) is 4.98 Å². The number of amides is 2. The van der Waals surface area contributed by atoms with Crippen molar-refractivity contribution < 1.29 is 9.59 Å². The number of aromatic nitrogens is 2. The Hall–Kier alpha value is -3.15. The fraction of sp³-hybridized carbons (Fsp3) is 0.423. The summed E-state index contributed by atoms with van der Waals surface area (Å²) in [6, 6.07) is 15.3.